The van der Waals surface area contributed by atoms with E-state index in [0.717, 1.165) is 74.5 Å². The van der Waals surface area contributed by atoms with Gasteiger partial charge in [-0.25, -0.2) is 4.98 Å². The number of hydrogen-bond acceptors (Lipinski definition) is 7. The number of aryl methyl sites for hydroxylation is 1. The molecule has 9 heteroatoms. The van der Waals surface area contributed by atoms with Gasteiger partial charge in [0.25, 0.3) is 0 Å². The van der Waals surface area contributed by atoms with E-state index in [1.54, 1.807) is 6.20 Å². The number of ether oxygens (including phenoxy) is 1. The molecule has 0 aliphatic carbocycles. The average molecular weight is 366 g/mol. The Labute approximate surface area is 157 Å². The molecular weight excluding hydrogens is 344 g/mol. The van der Waals surface area contributed by atoms with Gasteiger partial charge in [0.15, 0.2) is 17.5 Å². The summed E-state index contributed by atoms with van der Waals surface area (Å²) in [6.45, 7) is 3.35. The average Bonchev–Trinajstić information content (AvgIpc) is 3.41. The van der Waals surface area contributed by atoms with E-state index in [2.05, 4.69) is 34.8 Å². The van der Waals surface area contributed by atoms with Crippen LogP contribution in [0.2, 0.25) is 0 Å². The summed E-state index contributed by atoms with van der Waals surface area (Å²) in [6, 6.07) is 4.00. The maximum Gasteiger partial charge on any atom is 0.162 e. The summed E-state index contributed by atoms with van der Waals surface area (Å²) in [5, 5.41) is 17.6. The summed E-state index contributed by atoms with van der Waals surface area (Å²) in [7, 11) is 1.95. The zero-order valence-corrected chi connectivity index (χ0v) is 15.3. The molecule has 0 bridgehead atoms. The van der Waals surface area contributed by atoms with Gasteiger partial charge in [-0.1, -0.05) is 0 Å². The predicted octanol–water partition coefficient (Wildman–Crippen LogP) is 1.38. The van der Waals surface area contributed by atoms with Gasteiger partial charge in [-0.2, -0.15) is 0 Å². The molecule has 5 heterocycles. The van der Waals surface area contributed by atoms with Crippen LogP contribution in [0.5, 0.6) is 0 Å². The SMILES string of the molecule is Cn1ccnc1-c1ccc(N2CCc3nnc([C@H]4CCCO4)n3CC2)nn1. The minimum absolute atomic E-state index is 0.0923. The maximum absolute atomic E-state index is 5.81. The lowest BCUT2D eigenvalue weighted by Gasteiger charge is -2.20. The van der Waals surface area contributed by atoms with Crippen LogP contribution >= 0.6 is 0 Å². The normalized spacial score (nSPS) is 19.9. The molecule has 2 aliphatic rings. The van der Waals surface area contributed by atoms with Crippen LogP contribution in [0.15, 0.2) is 24.5 Å². The van der Waals surface area contributed by atoms with Crippen LogP contribution < -0.4 is 4.90 Å². The molecule has 0 saturated carbocycles. The molecule has 0 N–H and O–H groups in total. The van der Waals surface area contributed by atoms with E-state index in [1.807, 2.05) is 29.9 Å². The van der Waals surface area contributed by atoms with Crippen molar-refractivity contribution >= 4 is 5.82 Å². The summed E-state index contributed by atoms with van der Waals surface area (Å²) in [5.74, 6) is 3.70. The Morgan fingerprint density at radius 3 is 2.78 bits per heavy atom. The summed E-state index contributed by atoms with van der Waals surface area (Å²) in [5.41, 5.74) is 0.777. The van der Waals surface area contributed by atoms with Crippen molar-refractivity contribution in [1.82, 2.24) is 34.5 Å². The first-order valence-electron chi connectivity index (χ1n) is 9.39. The molecule has 0 amide bonds. The fraction of sp³-hybridized carbons (Fsp3) is 0.500. The van der Waals surface area contributed by atoms with Gasteiger partial charge in [-0.05, 0) is 25.0 Å². The van der Waals surface area contributed by atoms with Crippen LogP contribution in [0.3, 0.4) is 0 Å². The van der Waals surface area contributed by atoms with Crippen molar-refractivity contribution in [2.24, 2.45) is 7.05 Å². The third-order valence-corrected chi connectivity index (χ3v) is 5.30. The van der Waals surface area contributed by atoms with Crippen LogP contribution in [0, 0.1) is 0 Å². The van der Waals surface area contributed by atoms with Crippen LogP contribution in [0.4, 0.5) is 5.82 Å². The Kier molecular flexibility index (Phi) is 4.08. The van der Waals surface area contributed by atoms with Gasteiger partial charge < -0.3 is 18.8 Å². The Bertz CT molecular complexity index is 925. The number of imidazole rings is 1. The molecule has 1 fully saturated rings. The number of nitrogens with zero attached hydrogens (tertiary/aromatic N) is 8. The van der Waals surface area contributed by atoms with Gasteiger partial charge in [0.2, 0.25) is 0 Å². The molecular formula is C18H22N8O. The van der Waals surface area contributed by atoms with Crippen molar-refractivity contribution in [2.45, 2.75) is 31.9 Å². The van der Waals surface area contributed by atoms with Crippen molar-refractivity contribution in [2.75, 3.05) is 24.6 Å². The van der Waals surface area contributed by atoms with Crippen LogP contribution in [0.1, 0.15) is 30.6 Å². The topological polar surface area (TPSA) is 86.8 Å². The molecule has 0 radical (unpaired) electrons. The monoisotopic (exact) mass is 366 g/mol. The van der Waals surface area contributed by atoms with Gasteiger partial charge in [-0.15, -0.1) is 20.4 Å². The second kappa shape index (κ2) is 6.73. The molecule has 3 aromatic heterocycles. The van der Waals surface area contributed by atoms with Gasteiger partial charge in [-0.3, -0.25) is 0 Å². The molecule has 2 aliphatic heterocycles. The van der Waals surface area contributed by atoms with Crippen LogP contribution in [0.25, 0.3) is 11.5 Å². The summed E-state index contributed by atoms with van der Waals surface area (Å²) in [6.07, 6.45) is 6.72. The summed E-state index contributed by atoms with van der Waals surface area (Å²) >= 11 is 0. The summed E-state index contributed by atoms with van der Waals surface area (Å²) in [4.78, 5) is 6.58. The van der Waals surface area contributed by atoms with E-state index >= 15 is 0 Å². The predicted molar refractivity (Wildman–Crippen MR) is 98.1 cm³/mol. The molecule has 1 atom stereocenters. The fourth-order valence-electron chi connectivity index (χ4n) is 3.82. The summed E-state index contributed by atoms with van der Waals surface area (Å²) < 4.78 is 9.97. The zero-order chi connectivity index (χ0) is 18.2. The Hall–Kier alpha value is -2.81. The number of aromatic nitrogens is 7. The standard InChI is InChI=1S/C18H22N8O/c1-24-9-7-19-17(24)13-4-5-15(21-20-13)25-8-6-16-22-23-18(26(16)11-10-25)14-3-2-12-27-14/h4-5,7,9,14H,2-3,6,8,10-12H2,1H3/t14-/m1/s1. The first kappa shape index (κ1) is 16.4. The lowest BCUT2D eigenvalue weighted by atomic mass is 10.2. The van der Waals surface area contributed by atoms with E-state index in [4.69, 9.17) is 4.74 Å². The van der Waals surface area contributed by atoms with Gasteiger partial charge >= 0.3 is 0 Å². The smallest absolute Gasteiger partial charge is 0.162 e. The molecule has 9 nitrogen and oxygen atoms in total. The number of rotatable bonds is 3. The first-order valence-corrected chi connectivity index (χ1v) is 9.39. The van der Waals surface area contributed by atoms with E-state index in [-0.39, 0.29) is 6.10 Å². The van der Waals surface area contributed by atoms with E-state index < -0.39 is 0 Å². The van der Waals surface area contributed by atoms with Crippen molar-refractivity contribution in [3.63, 3.8) is 0 Å². The fourth-order valence-corrected chi connectivity index (χ4v) is 3.82. The van der Waals surface area contributed by atoms with Crippen LogP contribution in [-0.2, 0) is 24.8 Å². The van der Waals surface area contributed by atoms with Gasteiger partial charge in [0, 0.05) is 52.1 Å². The second-order valence-corrected chi connectivity index (χ2v) is 7.00. The zero-order valence-electron chi connectivity index (χ0n) is 15.3. The third kappa shape index (κ3) is 2.97. The Balaban J connectivity index is 1.33. The Morgan fingerprint density at radius 1 is 1.07 bits per heavy atom. The minimum Gasteiger partial charge on any atom is -0.370 e. The van der Waals surface area contributed by atoms with Gasteiger partial charge in [0.05, 0.1) is 0 Å². The van der Waals surface area contributed by atoms with E-state index in [9.17, 15) is 0 Å². The molecule has 5 rings (SSSR count). The third-order valence-electron chi connectivity index (χ3n) is 5.30. The molecule has 0 aromatic carbocycles. The minimum atomic E-state index is 0.0923. The highest BCUT2D eigenvalue weighted by atomic mass is 16.5. The number of hydrogen-bond donors (Lipinski definition) is 0. The molecule has 140 valence electrons. The number of fused-ring (bicyclic) bond motifs is 1. The van der Waals surface area contributed by atoms with E-state index in [1.165, 1.54) is 0 Å². The van der Waals surface area contributed by atoms with Crippen LogP contribution in [-0.4, -0.2) is 54.2 Å². The number of anilines is 1. The highest BCUT2D eigenvalue weighted by Gasteiger charge is 2.27. The lowest BCUT2D eigenvalue weighted by molar-refractivity contribution is 0.101. The molecule has 3 aromatic rings. The first-order chi connectivity index (χ1) is 13.3. The molecule has 0 unspecified atom stereocenters. The second-order valence-electron chi connectivity index (χ2n) is 7.00. The maximum atomic E-state index is 5.81. The van der Waals surface area contributed by atoms with Crippen molar-refractivity contribution in [3.8, 4) is 11.5 Å². The lowest BCUT2D eigenvalue weighted by Crippen LogP contribution is -2.28. The van der Waals surface area contributed by atoms with Crippen molar-refractivity contribution in [1.29, 1.82) is 0 Å². The largest absolute Gasteiger partial charge is 0.370 e. The highest BCUT2D eigenvalue weighted by molar-refractivity contribution is 5.51. The van der Waals surface area contributed by atoms with E-state index in [0.29, 0.717) is 0 Å². The molecule has 0 spiro atoms. The van der Waals surface area contributed by atoms with Crippen molar-refractivity contribution in [3.05, 3.63) is 36.2 Å². The highest BCUT2D eigenvalue weighted by Crippen LogP contribution is 2.28. The van der Waals surface area contributed by atoms with Gasteiger partial charge in [0.1, 0.15) is 17.6 Å². The Morgan fingerprint density at radius 2 is 2.04 bits per heavy atom. The molecule has 27 heavy (non-hydrogen) atoms. The van der Waals surface area contributed by atoms with Crippen molar-refractivity contribution < 1.29 is 4.74 Å². The quantitative estimate of drug-likeness (QED) is 0.692. The molecule has 1 saturated heterocycles.